The predicted molar refractivity (Wildman–Crippen MR) is 59.8 cm³/mol. The number of hydrogen-bond donors (Lipinski definition) is 2. The lowest BCUT2D eigenvalue weighted by Crippen LogP contribution is -2.03. The molecule has 8 nitrogen and oxygen atoms in total. The van der Waals surface area contributed by atoms with Crippen molar-refractivity contribution in [2.45, 2.75) is 0 Å². The molecule has 0 spiro atoms. The molecule has 2 heterocycles. The second-order valence-corrected chi connectivity index (χ2v) is 8.07. The maximum absolute atomic E-state index is 11.9. The van der Waals surface area contributed by atoms with E-state index in [0.717, 1.165) is 21.3 Å². The summed E-state index contributed by atoms with van der Waals surface area (Å²) < 4.78 is 25.7. The van der Waals surface area contributed by atoms with Gasteiger partial charge in [0.25, 0.3) is 0 Å². The van der Waals surface area contributed by atoms with Crippen LogP contribution in [-0.2, 0) is 9.13 Å². The molecule has 2 aromatic rings. The third kappa shape index (κ3) is 2.56. The van der Waals surface area contributed by atoms with Gasteiger partial charge in [-0.2, -0.15) is 0 Å². The molecule has 0 radical (unpaired) electrons. The molecule has 0 fully saturated rings. The van der Waals surface area contributed by atoms with Crippen LogP contribution in [0.5, 0.6) is 0 Å². The van der Waals surface area contributed by atoms with Crippen LogP contribution in [0.4, 0.5) is 0 Å². The van der Waals surface area contributed by atoms with Gasteiger partial charge < -0.3 is 9.79 Å². The summed E-state index contributed by atoms with van der Waals surface area (Å²) in [5.41, 5.74) is 0. The highest BCUT2D eigenvalue weighted by Crippen LogP contribution is 2.57. The highest BCUT2D eigenvalue weighted by atomic mass is 31.2. The predicted octanol–water partition coefficient (Wildman–Crippen LogP) is 0.804. The average Bonchev–Trinajstić information content (AvgIpc) is 2.91. The van der Waals surface area contributed by atoms with Crippen molar-refractivity contribution >= 4 is 15.0 Å². The first kappa shape index (κ1) is 12.3. The zero-order valence-corrected chi connectivity index (χ0v) is 10.4. The number of rotatable bonds is 4. The third-order valence-electron chi connectivity index (χ3n) is 2.07. The van der Waals surface area contributed by atoms with E-state index in [1.165, 1.54) is 24.8 Å². The molecule has 2 aromatic heterocycles. The Labute approximate surface area is 96.6 Å². The summed E-state index contributed by atoms with van der Waals surface area (Å²) in [5.74, 6) is -0.771. The molecule has 0 aliphatic carbocycles. The van der Waals surface area contributed by atoms with Gasteiger partial charge in [-0.3, -0.25) is 17.8 Å². The van der Waals surface area contributed by atoms with E-state index in [1.54, 1.807) is 0 Å². The highest BCUT2D eigenvalue weighted by molar-refractivity contribution is 7.73. The van der Waals surface area contributed by atoms with Crippen molar-refractivity contribution in [3.05, 3.63) is 37.4 Å². The molecule has 2 atom stereocenters. The van der Waals surface area contributed by atoms with Gasteiger partial charge in [-0.05, 0) is 0 Å². The fourth-order valence-electron chi connectivity index (χ4n) is 1.26. The fraction of sp³-hybridized carbons (Fsp3) is 0.143. The van der Waals surface area contributed by atoms with Crippen molar-refractivity contribution in [3.63, 3.8) is 0 Å². The summed E-state index contributed by atoms with van der Waals surface area (Å²) in [6.45, 7) is 0. The van der Waals surface area contributed by atoms with Gasteiger partial charge in [0.1, 0.15) is 18.6 Å². The van der Waals surface area contributed by atoms with Gasteiger partial charge in [-0.25, -0.2) is 9.97 Å². The minimum atomic E-state index is -3.97. The number of aromatic nitrogens is 4. The maximum atomic E-state index is 11.9. The van der Waals surface area contributed by atoms with E-state index in [2.05, 4.69) is 9.97 Å². The summed E-state index contributed by atoms with van der Waals surface area (Å²) >= 11 is 0. The van der Waals surface area contributed by atoms with Gasteiger partial charge in [0.05, 0.1) is 0 Å². The van der Waals surface area contributed by atoms with Crippen LogP contribution in [-0.4, -0.2) is 34.3 Å². The minimum Gasteiger partial charge on any atom is -0.328 e. The molecule has 92 valence electrons. The van der Waals surface area contributed by atoms with E-state index >= 15 is 0 Å². The van der Waals surface area contributed by atoms with Crippen molar-refractivity contribution in [1.29, 1.82) is 0 Å². The quantitative estimate of drug-likeness (QED) is 0.799. The molecule has 2 unspecified atom stereocenters. The average molecular weight is 276 g/mol. The van der Waals surface area contributed by atoms with Crippen LogP contribution >= 0.6 is 15.0 Å². The molecule has 0 saturated heterocycles. The second-order valence-electron chi connectivity index (χ2n) is 3.36. The zero-order valence-electron chi connectivity index (χ0n) is 8.57. The van der Waals surface area contributed by atoms with Crippen LogP contribution in [0.15, 0.2) is 37.4 Å². The second kappa shape index (κ2) is 4.23. The minimum absolute atomic E-state index is 0.771. The van der Waals surface area contributed by atoms with E-state index in [-0.39, 0.29) is 0 Å². The summed E-state index contributed by atoms with van der Waals surface area (Å²) in [6, 6.07) is 0. The molecule has 0 aromatic carbocycles. The van der Waals surface area contributed by atoms with Crippen LogP contribution in [0.1, 0.15) is 0 Å². The van der Waals surface area contributed by atoms with E-state index in [0.29, 0.717) is 0 Å². The summed E-state index contributed by atoms with van der Waals surface area (Å²) in [5, 5.41) is 0. The molecule has 10 heteroatoms. The van der Waals surface area contributed by atoms with Gasteiger partial charge in [0.2, 0.25) is 0 Å². The van der Waals surface area contributed by atoms with Crippen LogP contribution in [0, 0.1) is 0 Å². The molecule has 2 rings (SSSR count). The van der Waals surface area contributed by atoms with E-state index in [9.17, 15) is 18.9 Å². The van der Waals surface area contributed by atoms with Gasteiger partial charge in [-0.1, -0.05) is 0 Å². The zero-order chi connectivity index (χ0) is 12.5. The first-order valence-electron chi connectivity index (χ1n) is 4.53. The van der Waals surface area contributed by atoms with Gasteiger partial charge >= 0.3 is 15.0 Å². The lowest BCUT2D eigenvalue weighted by atomic mass is 11.0. The van der Waals surface area contributed by atoms with Crippen molar-refractivity contribution in [2.75, 3.05) is 5.90 Å². The normalized spacial score (nSPS) is 18.5. The number of nitrogens with zero attached hydrogens (tertiary/aromatic N) is 4. The lowest BCUT2D eigenvalue weighted by Gasteiger charge is -2.17. The molecule has 0 amide bonds. The largest absolute Gasteiger partial charge is 0.328 e. The van der Waals surface area contributed by atoms with Crippen LogP contribution in [0.2, 0.25) is 0 Å². The Bertz CT molecular complexity index is 527. The summed E-state index contributed by atoms with van der Waals surface area (Å²) in [7, 11) is -7.93. The number of hydrogen-bond acceptors (Lipinski definition) is 4. The van der Waals surface area contributed by atoms with Gasteiger partial charge in [0, 0.05) is 24.8 Å². The molecular formula is C7H10N4O4P2. The van der Waals surface area contributed by atoms with E-state index in [4.69, 9.17) is 0 Å². The Balaban J connectivity index is 2.28. The van der Waals surface area contributed by atoms with Gasteiger partial charge in [-0.15, -0.1) is 0 Å². The monoisotopic (exact) mass is 276 g/mol. The Morgan fingerprint density at radius 1 is 0.941 bits per heavy atom. The molecule has 0 bridgehead atoms. The van der Waals surface area contributed by atoms with E-state index < -0.39 is 20.9 Å². The van der Waals surface area contributed by atoms with Crippen LogP contribution < -0.4 is 0 Å². The Hall–Kier alpha value is -1.20. The Kier molecular flexibility index (Phi) is 3.05. The van der Waals surface area contributed by atoms with Crippen molar-refractivity contribution in [2.24, 2.45) is 0 Å². The molecule has 0 saturated carbocycles. The van der Waals surface area contributed by atoms with Crippen LogP contribution in [0.3, 0.4) is 0 Å². The molecule has 17 heavy (non-hydrogen) atoms. The standard InChI is InChI=1S/C7H10N4O4P2/c12-16(13,10-3-1-8-5-10)7-17(14,15)11-4-2-9-6-11/h1-6H,7H2,(H,12,13)(H,14,15). The summed E-state index contributed by atoms with van der Waals surface area (Å²) in [6.07, 6.45) is 7.46. The van der Waals surface area contributed by atoms with Crippen LogP contribution in [0.25, 0.3) is 0 Å². The summed E-state index contributed by atoms with van der Waals surface area (Å²) in [4.78, 5) is 26.7. The molecule has 0 aliphatic rings. The molecular weight excluding hydrogens is 266 g/mol. The topological polar surface area (TPSA) is 110 Å². The van der Waals surface area contributed by atoms with Gasteiger partial charge in [0.15, 0.2) is 0 Å². The van der Waals surface area contributed by atoms with Crippen molar-refractivity contribution < 1.29 is 18.9 Å². The third-order valence-corrected chi connectivity index (χ3v) is 6.94. The first-order chi connectivity index (χ1) is 7.92. The highest BCUT2D eigenvalue weighted by Gasteiger charge is 2.34. The molecule has 0 aliphatic heterocycles. The Morgan fingerprint density at radius 3 is 1.65 bits per heavy atom. The van der Waals surface area contributed by atoms with Crippen molar-refractivity contribution in [1.82, 2.24) is 18.6 Å². The Morgan fingerprint density at radius 2 is 1.35 bits per heavy atom. The maximum Gasteiger partial charge on any atom is 0.309 e. The number of imidazole rings is 2. The van der Waals surface area contributed by atoms with E-state index in [1.807, 2.05) is 0 Å². The SMILES string of the molecule is O=P(O)(CP(=O)(O)n1ccnc1)n1ccnc1. The lowest BCUT2D eigenvalue weighted by molar-refractivity contribution is 0.454. The molecule has 2 N–H and O–H groups in total. The van der Waals surface area contributed by atoms with Crippen molar-refractivity contribution in [3.8, 4) is 0 Å². The first-order valence-corrected chi connectivity index (χ1v) is 8.13. The fourth-order valence-corrected chi connectivity index (χ4v) is 5.33. The smallest absolute Gasteiger partial charge is 0.309 e.